The molecule has 12 rings (SSSR count). The Balaban J connectivity index is 1.09. The van der Waals surface area contributed by atoms with E-state index in [9.17, 15) is 0 Å². The van der Waals surface area contributed by atoms with Gasteiger partial charge in [-0.25, -0.2) is 0 Å². The molecule has 0 saturated heterocycles. The minimum Gasteiger partial charge on any atom is -0.310 e. The van der Waals surface area contributed by atoms with E-state index in [1.54, 1.807) is 0 Å². The van der Waals surface area contributed by atoms with Gasteiger partial charge in [-0.3, -0.25) is 0 Å². The van der Waals surface area contributed by atoms with Crippen molar-refractivity contribution in [3.05, 3.63) is 239 Å². The van der Waals surface area contributed by atoms with Gasteiger partial charge in [0.2, 0.25) is 0 Å². The lowest BCUT2D eigenvalue weighted by Gasteiger charge is -2.31. The minimum absolute atomic E-state index is 0.0529. The van der Waals surface area contributed by atoms with Gasteiger partial charge in [0.05, 0.1) is 5.69 Å². The maximum absolute atomic E-state index is 2.54. The number of anilines is 3. The van der Waals surface area contributed by atoms with E-state index in [-0.39, 0.29) is 16.2 Å². The third-order valence-corrected chi connectivity index (χ3v) is 15.2. The fraction of sp³-hybridized carbons (Fsp3) is 0.161. The number of nitrogens with zero attached hydrogens (tertiary/aromatic N) is 1. The number of rotatable bonds is 6. The number of para-hydroxylation sites is 1. The SMILES string of the molecule is CC1(C)C2=C(CCC=C2)c2c(-c3ccccc3N(c3cccc(-c4cccc5c4C(C)(C)c4ccccc4-5)c3)c3ccc4c(c3)-c3ccccc3C4(C)c3ccccc3)cccc21. The number of hydrogen-bond acceptors (Lipinski definition) is 1. The van der Waals surface area contributed by atoms with Crippen LogP contribution in [-0.4, -0.2) is 0 Å². The smallest absolute Gasteiger partial charge is 0.0540 e. The van der Waals surface area contributed by atoms with E-state index in [1.807, 2.05) is 0 Å². The summed E-state index contributed by atoms with van der Waals surface area (Å²) in [7, 11) is 0. The first-order valence-corrected chi connectivity index (χ1v) is 22.7. The zero-order valence-electron chi connectivity index (χ0n) is 36.8. The summed E-state index contributed by atoms with van der Waals surface area (Å²) in [6.45, 7) is 12.0. The summed E-state index contributed by atoms with van der Waals surface area (Å²) < 4.78 is 0. The maximum Gasteiger partial charge on any atom is 0.0540 e. The molecule has 0 saturated carbocycles. The second-order valence-electron chi connectivity index (χ2n) is 19.3. The molecule has 304 valence electrons. The Bertz CT molecular complexity index is 3250. The first-order chi connectivity index (χ1) is 30.7. The summed E-state index contributed by atoms with van der Waals surface area (Å²) in [5.41, 5.74) is 26.0. The van der Waals surface area contributed by atoms with Gasteiger partial charge in [0.25, 0.3) is 0 Å². The third-order valence-electron chi connectivity index (χ3n) is 15.2. The molecule has 63 heavy (non-hydrogen) atoms. The predicted molar refractivity (Wildman–Crippen MR) is 265 cm³/mol. The number of fused-ring (bicyclic) bond motifs is 8. The maximum atomic E-state index is 2.54. The Morgan fingerprint density at radius 1 is 0.429 bits per heavy atom. The van der Waals surface area contributed by atoms with Crippen LogP contribution in [0, 0.1) is 0 Å². The summed E-state index contributed by atoms with van der Waals surface area (Å²) in [6.07, 6.45) is 6.91. The molecule has 0 bridgehead atoms. The van der Waals surface area contributed by atoms with Crippen LogP contribution in [-0.2, 0) is 16.2 Å². The zero-order valence-corrected chi connectivity index (χ0v) is 36.8. The van der Waals surface area contributed by atoms with Crippen molar-refractivity contribution < 1.29 is 0 Å². The van der Waals surface area contributed by atoms with E-state index in [1.165, 1.54) is 100 Å². The third kappa shape index (κ3) is 5.36. The molecule has 1 nitrogen and oxygen atoms in total. The molecule has 0 aliphatic heterocycles. The highest BCUT2D eigenvalue weighted by molar-refractivity contribution is 5.98. The largest absolute Gasteiger partial charge is 0.310 e. The molecule has 0 N–H and O–H groups in total. The van der Waals surface area contributed by atoms with Gasteiger partial charge in [-0.1, -0.05) is 192 Å². The molecule has 0 radical (unpaired) electrons. The molecule has 0 fully saturated rings. The van der Waals surface area contributed by atoms with Gasteiger partial charge in [-0.15, -0.1) is 0 Å². The fourth-order valence-electron chi connectivity index (χ4n) is 12.2. The molecule has 1 heteroatoms. The van der Waals surface area contributed by atoms with Crippen LogP contribution in [0.25, 0.3) is 50.1 Å². The lowest BCUT2D eigenvalue weighted by Crippen LogP contribution is -2.22. The molecule has 4 aliphatic rings. The Kier molecular flexibility index (Phi) is 8.26. The normalized spacial score (nSPS) is 18.0. The first-order valence-electron chi connectivity index (χ1n) is 22.7. The van der Waals surface area contributed by atoms with E-state index in [2.05, 4.69) is 234 Å². The van der Waals surface area contributed by atoms with Crippen LogP contribution < -0.4 is 4.90 Å². The van der Waals surface area contributed by atoms with Crippen LogP contribution in [0.4, 0.5) is 17.1 Å². The van der Waals surface area contributed by atoms with Gasteiger partial charge in [-0.05, 0) is 139 Å². The van der Waals surface area contributed by atoms with E-state index in [0.29, 0.717) is 0 Å². The fourth-order valence-corrected chi connectivity index (χ4v) is 12.2. The van der Waals surface area contributed by atoms with Crippen molar-refractivity contribution in [1.82, 2.24) is 0 Å². The first kappa shape index (κ1) is 37.8. The summed E-state index contributed by atoms with van der Waals surface area (Å²) in [4.78, 5) is 2.54. The summed E-state index contributed by atoms with van der Waals surface area (Å²) in [5.74, 6) is 0. The van der Waals surface area contributed by atoms with E-state index in [0.717, 1.165) is 24.2 Å². The lowest BCUT2D eigenvalue weighted by molar-refractivity contribution is 0.651. The topological polar surface area (TPSA) is 3.24 Å². The van der Waals surface area contributed by atoms with Gasteiger partial charge >= 0.3 is 0 Å². The van der Waals surface area contributed by atoms with Crippen LogP contribution >= 0.6 is 0 Å². The number of allylic oxidation sites excluding steroid dienone is 4. The molecule has 0 amide bonds. The van der Waals surface area contributed by atoms with Crippen molar-refractivity contribution >= 4 is 22.6 Å². The van der Waals surface area contributed by atoms with Crippen LogP contribution in [0.3, 0.4) is 0 Å². The Morgan fingerprint density at radius 3 is 1.86 bits per heavy atom. The van der Waals surface area contributed by atoms with Crippen molar-refractivity contribution in [1.29, 1.82) is 0 Å². The van der Waals surface area contributed by atoms with Crippen LogP contribution in [0.5, 0.6) is 0 Å². The Labute approximate surface area is 372 Å². The summed E-state index contributed by atoms with van der Waals surface area (Å²) >= 11 is 0. The van der Waals surface area contributed by atoms with E-state index >= 15 is 0 Å². The summed E-state index contributed by atoms with van der Waals surface area (Å²) in [6, 6.07) is 68.7. The molecular weight excluding hydrogens is 759 g/mol. The molecule has 1 unspecified atom stereocenters. The minimum atomic E-state index is -0.274. The van der Waals surface area contributed by atoms with Gasteiger partial charge in [0, 0.05) is 33.2 Å². The van der Waals surface area contributed by atoms with Crippen molar-refractivity contribution in [3.63, 3.8) is 0 Å². The average molecular weight is 810 g/mol. The highest BCUT2D eigenvalue weighted by Gasteiger charge is 2.42. The van der Waals surface area contributed by atoms with Crippen LogP contribution in [0.15, 0.2) is 200 Å². The highest BCUT2D eigenvalue weighted by atomic mass is 15.1. The number of benzene rings is 8. The summed E-state index contributed by atoms with van der Waals surface area (Å²) in [5, 5.41) is 0. The molecule has 0 aromatic heterocycles. The number of hydrogen-bond donors (Lipinski definition) is 0. The zero-order chi connectivity index (χ0) is 42.7. The highest BCUT2D eigenvalue weighted by Crippen LogP contribution is 2.57. The quantitative estimate of drug-likeness (QED) is 0.162. The Morgan fingerprint density at radius 2 is 1.03 bits per heavy atom. The monoisotopic (exact) mass is 809 g/mol. The second kappa shape index (κ2) is 13.8. The molecule has 1 atom stereocenters. The van der Waals surface area contributed by atoms with Gasteiger partial charge in [0.1, 0.15) is 0 Å². The van der Waals surface area contributed by atoms with Crippen LogP contribution in [0.1, 0.15) is 86.4 Å². The molecule has 0 spiro atoms. The standard InChI is InChI=1S/C62H51N/c1-60(2)53-32-14-11-27-50(53)58-48(29-19-34-56(58)60)47-26-12-16-35-57(47)63(43-36-37-55-51(39-43)46-25-10-15-33-54(46)62(55,5)41-21-7-6-8-22-41)42-23-17-20-40(38-42)44-28-18-30-49-45-24-9-13-31-52(45)61(3,4)59(44)49/h6-10,12-26,28-39H,11,27H2,1-5H3. The Hall–Kier alpha value is -6.96. The van der Waals surface area contributed by atoms with Crippen molar-refractivity contribution in [2.24, 2.45) is 0 Å². The molecular formula is C62H51N. The predicted octanol–water partition coefficient (Wildman–Crippen LogP) is 16.5. The van der Waals surface area contributed by atoms with E-state index in [4.69, 9.17) is 0 Å². The van der Waals surface area contributed by atoms with E-state index < -0.39 is 0 Å². The second-order valence-corrected chi connectivity index (χ2v) is 19.3. The van der Waals surface area contributed by atoms with Gasteiger partial charge in [0.15, 0.2) is 0 Å². The molecule has 4 aliphatic carbocycles. The average Bonchev–Trinajstić information content (AvgIpc) is 3.83. The van der Waals surface area contributed by atoms with Crippen molar-refractivity contribution in [2.45, 2.75) is 63.7 Å². The van der Waals surface area contributed by atoms with Gasteiger partial charge in [-0.2, -0.15) is 0 Å². The lowest BCUT2D eigenvalue weighted by atomic mass is 9.74. The molecule has 0 heterocycles. The molecule has 8 aromatic rings. The van der Waals surface area contributed by atoms with Crippen molar-refractivity contribution in [3.8, 4) is 44.5 Å². The van der Waals surface area contributed by atoms with Crippen LogP contribution in [0.2, 0.25) is 0 Å². The van der Waals surface area contributed by atoms with Gasteiger partial charge < -0.3 is 4.90 Å². The molecule has 8 aromatic carbocycles. The van der Waals surface area contributed by atoms with Crippen molar-refractivity contribution in [2.75, 3.05) is 4.90 Å².